The Morgan fingerprint density at radius 3 is 2.71 bits per heavy atom. The maximum atomic E-state index is 13.3. The molecule has 1 aromatic rings. The standard InChI is InChI=1S/C12H12F2O3/c1-16-12(15)11(7-2-3-7)17-10-6-8(13)4-5-9(10)14/h4-7,11H,2-3H2,1H3. The highest BCUT2D eigenvalue weighted by molar-refractivity contribution is 5.75. The maximum Gasteiger partial charge on any atom is 0.347 e. The molecule has 17 heavy (non-hydrogen) atoms. The lowest BCUT2D eigenvalue weighted by Crippen LogP contribution is -2.31. The van der Waals surface area contributed by atoms with E-state index in [-0.39, 0.29) is 11.7 Å². The fourth-order valence-electron chi connectivity index (χ4n) is 1.56. The Morgan fingerprint density at radius 1 is 1.41 bits per heavy atom. The molecule has 0 N–H and O–H groups in total. The van der Waals surface area contributed by atoms with Gasteiger partial charge in [-0.1, -0.05) is 0 Å². The molecule has 0 radical (unpaired) electrons. The summed E-state index contributed by atoms with van der Waals surface area (Å²) in [5.74, 6) is -2.09. The number of benzene rings is 1. The van der Waals surface area contributed by atoms with Crippen molar-refractivity contribution in [1.29, 1.82) is 0 Å². The number of hydrogen-bond donors (Lipinski definition) is 0. The molecule has 0 bridgehead atoms. The van der Waals surface area contributed by atoms with E-state index in [4.69, 9.17) is 4.74 Å². The number of esters is 1. The van der Waals surface area contributed by atoms with Crippen LogP contribution in [0.25, 0.3) is 0 Å². The molecule has 0 amide bonds. The molecule has 0 aromatic heterocycles. The van der Waals surface area contributed by atoms with E-state index in [0.29, 0.717) is 0 Å². The lowest BCUT2D eigenvalue weighted by atomic mass is 10.2. The molecule has 1 saturated carbocycles. The van der Waals surface area contributed by atoms with Crippen LogP contribution in [0, 0.1) is 17.6 Å². The normalized spacial score (nSPS) is 16.4. The lowest BCUT2D eigenvalue weighted by molar-refractivity contribution is -0.149. The van der Waals surface area contributed by atoms with Crippen molar-refractivity contribution < 1.29 is 23.0 Å². The average molecular weight is 242 g/mol. The van der Waals surface area contributed by atoms with Gasteiger partial charge < -0.3 is 9.47 Å². The van der Waals surface area contributed by atoms with Crippen LogP contribution in [0.5, 0.6) is 5.75 Å². The molecular formula is C12H12F2O3. The van der Waals surface area contributed by atoms with Crippen LogP contribution in [0.4, 0.5) is 8.78 Å². The van der Waals surface area contributed by atoms with Gasteiger partial charge in [0, 0.05) is 12.0 Å². The summed E-state index contributed by atoms with van der Waals surface area (Å²) >= 11 is 0. The van der Waals surface area contributed by atoms with Crippen molar-refractivity contribution in [2.24, 2.45) is 5.92 Å². The summed E-state index contributed by atoms with van der Waals surface area (Å²) in [5.41, 5.74) is 0. The van der Waals surface area contributed by atoms with E-state index < -0.39 is 23.7 Å². The summed E-state index contributed by atoms with van der Waals surface area (Å²) in [6.45, 7) is 0. The van der Waals surface area contributed by atoms with E-state index in [2.05, 4.69) is 4.74 Å². The molecular weight excluding hydrogens is 230 g/mol. The molecule has 5 heteroatoms. The number of hydrogen-bond acceptors (Lipinski definition) is 3. The van der Waals surface area contributed by atoms with Crippen molar-refractivity contribution in [2.45, 2.75) is 18.9 Å². The zero-order valence-corrected chi connectivity index (χ0v) is 9.28. The van der Waals surface area contributed by atoms with Crippen molar-refractivity contribution in [3.05, 3.63) is 29.8 Å². The van der Waals surface area contributed by atoms with Gasteiger partial charge in [-0.2, -0.15) is 0 Å². The number of ether oxygens (including phenoxy) is 2. The minimum absolute atomic E-state index is 0.0325. The summed E-state index contributed by atoms with van der Waals surface area (Å²) in [4.78, 5) is 11.4. The number of rotatable bonds is 4. The molecule has 0 saturated heterocycles. The second-order valence-electron chi connectivity index (χ2n) is 3.97. The molecule has 0 heterocycles. The van der Waals surface area contributed by atoms with Gasteiger partial charge in [-0.15, -0.1) is 0 Å². The predicted molar refractivity (Wildman–Crippen MR) is 55.5 cm³/mol. The quantitative estimate of drug-likeness (QED) is 0.760. The lowest BCUT2D eigenvalue weighted by Gasteiger charge is -2.16. The van der Waals surface area contributed by atoms with Crippen molar-refractivity contribution in [3.8, 4) is 5.75 Å². The largest absolute Gasteiger partial charge is 0.475 e. The van der Waals surface area contributed by atoms with Gasteiger partial charge in [0.25, 0.3) is 0 Å². The summed E-state index contributed by atoms with van der Waals surface area (Å²) in [7, 11) is 1.24. The van der Waals surface area contributed by atoms with Gasteiger partial charge in [-0.05, 0) is 25.0 Å². The van der Waals surface area contributed by atoms with Gasteiger partial charge in [0.15, 0.2) is 17.7 Å². The SMILES string of the molecule is COC(=O)C(Oc1cc(F)ccc1F)C1CC1. The number of methoxy groups -OCH3 is 1. The van der Waals surface area contributed by atoms with Crippen LogP contribution in [0.3, 0.4) is 0 Å². The Hall–Kier alpha value is -1.65. The predicted octanol–water partition coefficient (Wildman–Crippen LogP) is 2.30. The topological polar surface area (TPSA) is 35.5 Å². The first-order chi connectivity index (χ1) is 8.11. The molecule has 0 aliphatic heterocycles. The van der Waals surface area contributed by atoms with E-state index in [0.717, 1.165) is 31.0 Å². The van der Waals surface area contributed by atoms with Crippen LogP contribution >= 0.6 is 0 Å². The van der Waals surface area contributed by atoms with Gasteiger partial charge in [-0.25, -0.2) is 13.6 Å². The fraction of sp³-hybridized carbons (Fsp3) is 0.417. The van der Waals surface area contributed by atoms with E-state index in [9.17, 15) is 13.6 Å². The maximum absolute atomic E-state index is 13.3. The third-order valence-electron chi connectivity index (χ3n) is 2.63. The summed E-state index contributed by atoms with van der Waals surface area (Å²) < 4.78 is 36.1. The van der Waals surface area contributed by atoms with Crippen LogP contribution < -0.4 is 4.74 Å². The highest BCUT2D eigenvalue weighted by Crippen LogP contribution is 2.36. The minimum atomic E-state index is -0.851. The Kier molecular flexibility index (Phi) is 3.26. The van der Waals surface area contributed by atoms with Crippen LogP contribution in [-0.4, -0.2) is 19.2 Å². The third kappa shape index (κ3) is 2.72. The Balaban J connectivity index is 2.16. The molecule has 1 aliphatic rings. The van der Waals surface area contributed by atoms with Crippen molar-refractivity contribution in [1.82, 2.24) is 0 Å². The summed E-state index contributed by atoms with van der Waals surface area (Å²) in [5, 5.41) is 0. The minimum Gasteiger partial charge on any atom is -0.475 e. The molecule has 92 valence electrons. The van der Waals surface area contributed by atoms with Gasteiger partial charge in [0.1, 0.15) is 5.82 Å². The van der Waals surface area contributed by atoms with Gasteiger partial charge in [0.2, 0.25) is 0 Å². The van der Waals surface area contributed by atoms with E-state index in [1.807, 2.05) is 0 Å². The van der Waals surface area contributed by atoms with Crippen molar-refractivity contribution in [2.75, 3.05) is 7.11 Å². The number of carbonyl (C=O) groups excluding carboxylic acids is 1. The molecule has 3 nitrogen and oxygen atoms in total. The first kappa shape index (κ1) is 11.8. The van der Waals surface area contributed by atoms with Crippen molar-refractivity contribution in [3.63, 3.8) is 0 Å². The first-order valence-corrected chi connectivity index (χ1v) is 5.31. The molecule has 1 unspecified atom stereocenters. The zero-order valence-electron chi connectivity index (χ0n) is 9.28. The van der Waals surface area contributed by atoms with Crippen LogP contribution in [0.15, 0.2) is 18.2 Å². The highest BCUT2D eigenvalue weighted by Gasteiger charge is 2.39. The molecule has 2 rings (SSSR count). The second-order valence-corrected chi connectivity index (χ2v) is 3.97. The Bertz CT molecular complexity index is 430. The average Bonchev–Trinajstić information content (AvgIpc) is 3.13. The van der Waals surface area contributed by atoms with E-state index >= 15 is 0 Å². The van der Waals surface area contributed by atoms with Gasteiger partial charge in [-0.3, -0.25) is 0 Å². The number of halogens is 2. The third-order valence-corrected chi connectivity index (χ3v) is 2.63. The molecule has 1 aromatic carbocycles. The fourth-order valence-corrected chi connectivity index (χ4v) is 1.56. The Morgan fingerprint density at radius 2 is 2.12 bits per heavy atom. The summed E-state index contributed by atoms with van der Waals surface area (Å²) in [6, 6.07) is 2.88. The van der Waals surface area contributed by atoms with Crippen molar-refractivity contribution >= 4 is 5.97 Å². The zero-order chi connectivity index (χ0) is 12.4. The molecule has 1 aliphatic carbocycles. The molecule has 1 atom stereocenters. The molecule has 1 fully saturated rings. The van der Waals surface area contributed by atoms with Crippen LogP contribution in [-0.2, 0) is 9.53 Å². The smallest absolute Gasteiger partial charge is 0.347 e. The van der Waals surface area contributed by atoms with Gasteiger partial charge in [0.05, 0.1) is 7.11 Å². The first-order valence-electron chi connectivity index (χ1n) is 5.31. The van der Waals surface area contributed by atoms with Gasteiger partial charge >= 0.3 is 5.97 Å². The molecule has 0 spiro atoms. The van der Waals surface area contributed by atoms with E-state index in [1.54, 1.807) is 0 Å². The van der Waals surface area contributed by atoms with Crippen LogP contribution in [0.1, 0.15) is 12.8 Å². The highest BCUT2D eigenvalue weighted by atomic mass is 19.1. The second kappa shape index (κ2) is 4.69. The van der Waals surface area contributed by atoms with E-state index in [1.165, 1.54) is 7.11 Å². The number of carbonyl (C=O) groups is 1. The Labute approximate surface area is 97.3 Å². The summed E-state index contributed by atoms with van der Waals surface area (Å²) in [6.07, 6.45) is 0.809. The monoisotopic (exact) mass is 242 g/mol. The van der Waals surface area contributed by atoms with Crippen LogP contribution in [0.2, 0.25) is 0 Å².